The minimum atomic E-state index is -1.15. The van der Waals surface area contributed by atoms with E-state index in [2.05, 4.69) is 15.0 Å². The van der Waals surface area contributed by atoms with Gasteiger partial charge in [0.25, 0.3) is 0 Å². The van der Waals surface area contributed by atoms with Gasteiger partial charge >= 0.3 is 5.97 Å². The van der Waals surface area contributed by atoms with Gasteiger partial charge in [0.05, 0.1) is 29.2 Å². The van der Waals surface area contributed by atoms with Gasteiger partial charge < -0.3 is 24.2 Å². The lowest BCUT2D eigenvalue weighted by atomic mass is 9.74. The molecule has 2 aromatic heterocycles. The van der Waals surface area contributed by atoms with Crippen molar-refractivity contribution in [3.8, 4) is 28.6 Å². The zero-order valence-corrected chi connectivity index (χ0v) is 26.2. The van der Waals surface area contributed by atoms with E-state index in [9.17, 15) is 9.18 Å². The van der Waals surface area contributed by atoms with E-state index >= 15 is 8.78 Å². The lowest BCUT2D eigenvalue weighted by Crippen LogP contribution is -2.32. The van der Waals surface area contributed by atoms with E-state index in [-0.39, 0.29) is 40.8 Å². The van der Waals surface area contributed by atoms with Gasteiger partial charge in [-0.15, -0.1) is 11.8 Å². The van der Waals surface area contributed by atoms with Gasteiger partial charge in [0.2, 0.25) is 5.82 Å². The fourth-order valence-electron chi connectivity index (χ4n) is 5.73. The fourth-order valence-corrected chi connectivity index (χ4v) is 6.68. The maximum Gasteiger partial charge on any atom is 0.306 e. The van der Waals surface area contributed by atoms with Crippen LogP contribution in [0.15, 0.2) is 53.7 Å². The maximum atomic E-state index is 15.2. The zero-order chi connectivity index (χ0) is 31.9. The predicted molar refractivity (Wildman–Crippen MR) is 167 cm³/mol. The maximum absolute atomic E-state index is 15.2. The Morgan fingerprint density at radius 1 is 1.18 bits per heavy atom. The van der Waals surface area contributed by atoms with Gasteiger partial charge in [0, 0.05) is 45.9 Å². The summed E-state index contributed by atoms with van der Waals surface area (Å²) in [5.41, 5.74) is 1.80. The minimum absolute atomic E-state index is 0.0442. The van der Waals surface area contributed by atoms with Crippen molar-refractivity contribution < 1.29 is 32.2 Å². The lowest BCUT2D eigenvalue weighted by molar-refractivity contribution is -0.143. The average Bonchev–Trinajstić information content (AvgIpc) is 3.72. The van der Waals surface area contributed by atoms with Crippen LogP contribution in [0.4, 0.5) is 13.2 Å². The molecule has 234 valence electrons. The highest BCUT2D eigenvalue weighted by molar-refractivity contribution is 7.99. The summed E-state index contributed by atoms with van der Waals surface area (Å²) in [6.45, 7) is 4.48. The number of rotatable bonds is 9. The van der Waals surface area contributed by atoms with E-state index in [0.717, 1.165) is 11.1 Å². The number of hydrogen-bond donors (Lipinski definition) is 2. The molecular weight excluding hydrogens is 627 g/mol. The number of ether oxygens (including phenoxy) is 3. The number of nitrogens with zero attached hydrogens (tertiary/aromatic N) is 1. The Bertz CT molecular complexity index is 1930. The van der Waals surface area contributed by atoms with Crippen LogP contribution < -0.4 is 9.47 Å². The molecule has 0 fully saturated rings. The number of carbonyl (C=O) groups excluding carboxylic acids is 1. The number of hydrogen-bond acceptors (Lipinski definition) is 6. The first kappa shape index (κ1) is 30.9. The van der Waals surface area contributed by atoms with Crippen LogP contribution in [0.1, 0.15) is 43.5 Å². The van der Waals surface area contributed by atoms with Gasteiger partial charge in [-0.2, -0.15) is 4.39 Å². The molecule has 2 N–H and O–H groups in total. The molecule has 0 amide bonds. The molecule has 0 radical (unpaired) electrons. The molecule has 0 saturated carbocycles. The highest BCUT2D eigenvalue weighted by atomic mass is 35.5. The van der Waals surface area contributed by atoms with E-state index in [1.165, 1.54) is 36.2 Å². The van der Waals surface area contributed by atoms with Crippen molar-refractivity contribution in [1.82, 2.24) is 15.0 Å². The summed E-state index contributed by atoms with van der Waals surface area (Å²) in [6, 6.07) is 9.19. The van der Waals surface area contributed by atoms with Gasteiger partial charge in [-0.25, -0.2) is 13.8 Å². The number of esters is 1. The van der Waals surface area contributed by atoms with Crippen molar-refractivity contribution >= 4 is 40.2 Å². The molecule has 6 rings (SSSR count). The summed E-state index contributed by atoms with van der Waals surface area (Å²) in [6.07, 6.45) is 6.05. The first-order chi connectivity index (χ1) is 21.6. The molecule has 0 aliphatic carbocycles. The van der Waals surface area contributed by atoms with Crippen LogP contribution in [-0.4, -0.2) is 40.4 Å². The molecule has 3 heterocycles. The van der Waals surface area contributed by atoms with E-state index in [4.69, 9.17) is 25.8 Å². The number of halogens is 4. The smallest absolute Gasteiger partial charge is 0.306 e. The molecule has 3 aromatic carbocycles. The van der Waals surface area contributed by atoms with Crippen molar-refractivity contribution in [2.75, 3.05) is 19.5 Å². The number of aryl methyl sites for hydroxylation is 1. The van der Waals surface area contributed by atoms with E-state index < -0.39 is 22.9 Å². The molecule has 12 heteroatoms. The third-order valence-corrected chi connectivity index (χ3v) is 9.11. The van der Waals surface area contributed by atoms with Crippen molar-refractivity contribution in [2.45, 2.75) is 43.4 Å². The number of aromatic nitrogens is 3. The van der Waals surface area contributed by atoms with Crippen LogP contribution in [0, 0.1) is 17.5 Å². The first-order valence-electron chi connectivity index (χ1n) is 14.3. The molecule has 1 aliphatic rings. The summed E-state index contributed by atoms with van der Waals surface area (Å²) < 4.78 is 62.1. The number of aromatic amines is 2. The largest absolute Gasteiger partial charge is 0.493 e. The second-order valence-corrected chi connectivity index (χ2v) is 12.1. The summed E-state index contributed by atoms with van der Waals surface area (Å²) in [4.78, 5) is 22.9. The molecule has 5 aromatic rings. The third-order valence-electron chi connectivity index (χ3n) is 8.07. The third kappa shape index (κ3) is 5.63. The molecule has 45 heavy (non-hydrogen) atoms. The SMILES string of the molecule is CCOC(=O)CCc1cc(Cl)cc2c1OCCC2(C)c1cnc(-c2cc(Oc3c(F)c(F)c4[nH]ccc4c3SC)ccc2F)[nH]1. The quantitative estimate of drug-likeness (QED) is 0.122. The summed E-state index contributed by atoms with van der Waals surface area (Å²) >= 11 is 7.74. The van der Waals surface area contributed by atoms with Gasteiger partial charge in [0.1, 0.15) is 23.1 Å². The molecule has 1 atom stereocenters. The van der Waals surface area contributed by atoms with Crippen LogP contribution in [0.5, 0.6) is 17.2 Å². The molecule has 7 nitrogen and oxygen atoms in total. The zero-order valence-electron chi connectivity index (χ0n) is 24.7. The molecular formula is C33H29ClF3N3O4S. The molecule has 0 bridgehead atoms. The van der Waals surface area contributed by atoms with Crippen LogP contribution in [0.3, 0.4) is 0 Å². The Balaban J connectivity index is 1.34. The normalized spacial score (nSPS) is 16.0. The first-order valence-corrected chi connectivity index (χ1v) is 15.9. The number of fused-ring (bicyclic) bond motifs is 2. The topological polar surface area (TPSA) is 89.2 Å². The molecule has 0 saturated heterocycles. The van der Waals surface area contributed by atoms with E-state index in [1.54, 1.807) is 31.5 Å². The van der Waals surface area contributed by atoms with E-state index in [0.29, 0.717) is 52.8 Å². The molecule has 0 spiro atoms. The van der Waals surface area contributed by atoms with Crippen molar-refractivity contribution in [3.05, 3.63) is 88.1 Å². The van der Waals surface area contributed by atoms with Crippen LogP contribution in [0.2, 0.25) is 5.02 Å². The van der Waals surface area contributed by atoms with Crippen molar-refractivity contribution in [1.29, 1.82) is 0 Å². The molecule has 1 unspecified atom stereocenters. The van der Waals surface area contributed by atoms with E-state index in [1.807, 2.05) is 13.0 Å². The number of thioether (sulfide) groups is 1. The predicted octanol–water partition coefficient (Wildman–Crippen LogP) is 8.73. The van der Waals surface area contributed by atoms with Gasteiger partial charge in [0.15, 0.2) is 11.6 Å². The Labute approximate surface area is 266 Å². The number of benzene rings is 3. The monoisotopic (exact) mass is 655 g/mol. The standard InChI is InChI=1S/C33H29ClF3N3O4S/c1-4-42-25(41)8-5-17-13-18(34)14-22-29(17)43-12-10-33(22,2)24-16-39-32(40-24)21-15-19(6-7-23(21)35)44-30-27(37)26(36)28-20(9-11-38-28)31(30)45-3/h6-7,9,11,13-16,38H,4-5,8,10,12H2,1-3H3,(H,39,40). The minimum Gasteiger partial charge on any atom is -0.493 e. The number of carbonyl (C=O) groups is 1. The second-order valence-electron chi connectivity index (χ2n) is 10.8. The molecule has 1 aliphatic heterocycles. The number of nitrogens with one attached hydrogen (secondary N) is 2. The lowest BCUT2D eigenvalue weighted by Gasteiger charge is -2.36. The van der Waals surface area contributed by atoms with Crippen molar-refractivity contribution in [2.24, 2.45) is 0 Å². The fraction of sp³-hybridized carbons (Fsp3) is 0.273. The summed E-state index contributed by atoms with van der Waals surface area (Å²) in [5.74, 6) is -2.40. The van der Waals surface area contributed by atoms with Crippen LogP contribution in [0.25, 0.3) is 22.3 Å². The Morgan fingerprint density at radius 3 is 2.78 bits per heavy atom. The van der Waals surface area contributed by atoms with Gasteiger partial charge in [-0.05, 0) is 74.9 Å². The van der Waals surface area contributed by atoms with Gasteiger partial charge in [-0.3, -0.25) is 4.79 Å². The van der Waals surface area contributed by atoms with Crippen LogP contribution in [-0.2, 0) is 21.4 Å². The van der Waals surface area contributed by atoms with Gasteiger partial charge in [-0.1, -0.05) is 11.6 Å². The summed E-state index contributed by atoms with van der Waals surface area (Å²) in [7, 11) is 0. The van der Waals surface area contributed by atoms with Crippen LogP contribution >= 0.6 is 23.4 Å². The Kier molecular flexibility index (Phi) is 8.49. The highest BCUT2D eigenvalue weighted by Gasteiger charge is 2.38. The number of H-pyrrole nitrogens is 2. The number of imidazole rings is 1. The summed E-state index contributed by atoms with van der Waals surface area (Å²) in [5, 5.41) is 0.967. The average molecular weight is 656 g/mol. The second kappa shape index (κ2) is 12.4. The highest BCUT2D eigenvalue weighted by Crippen LogP contribution is 2.47. The Morgan fingerprint density at radius 2 is 2.00 bits per heavy atom. The van der Waals surface area contributed by atoms with Crippen molar-refractivity contribution in [3.63, 3.8) is 0 Å². The Hall–Kier alpha value is -4.09.